The quantitative estimate of drug-likeness (QED) is 0.587. The Hall–Kier alpha value is -2.99. The number of carbonyl (C=O) groups is 1. The second-order valence-electron chi connectivity index (χ2n) is 5.61. The van der Waals surface area contributed by atoms with Crippen LogP contribution < -0.4 is 5.32 Å². The van der Waals surface area contributed by atoms with Gasteiger partial charge < -0.3 is 4.57 Å². The number of amides is 1. The van der Waals surface area contributed by atoms with E-state index in [1.807, 2.05) is 34.9 Å². The lowest BCUT2D eigenvalue weighted by molar-refractivity contribution is 0.102. The molecule has 6 heteroatoms. The van der Waals surface area contributed by atoms with Crippen LogP contribution in [0.1, 0.15) is 15.9 Å². The molecule has 0 aliphatic carbocycles. The normalized spacial score (nSPS) is 10.9. The number of halogens is 1. The van der Waals surface area contributed by atoms with Crippen molar-refractivity contribution < 1.29 is 9.18 Å². The number of aromatic nitrogens is 2. The Labute approximate surface area is 147 Å². The molecule has 0 saturated carbocycles. The van der Waals surface area contributed by atoms with Gasteiger partial charge in [-0.05, 0) is 23.8 Å². The second kappa shape index (κ2) is 6.49. The lowest BCUT2D eigenvalue weighted by atomic mass is 10.1. The number of carbonyl (C=O) groups excluding carboxylic acids is 1. The summed E-state index contributed by atoms with van der Waals surface area (Å²) in [5.41, 5.74) is 2.27. The molecule has 0 saturated heterocycles. The van der Waals surface area contributed by atoms with Gasteiger partial charge in [0.2, 0.25) is 0 Å². The Kier molecular flexibility index (Phi) is 4.03. The molecule has 2 heterocycles. The Bertz CT molecular complexity index is 1030. The van der Waals surface area contributed by atoms with Crippen LogP contribution in [0, 0.1) is 5.82 Å². The van der Waals surface area contributed by atoms with Crippen LogP contribution in [-0.4, -0.2) is 15.5 Å². The number of nitrogens with zero attached hydrogens (tertiary/aromatic N) is 2. The van der Waals surface area contributed by atoms with Gasteiger partial charge in [-0.25, -0.2) is 9.37 Å². The highest BCUT2D eigenvalue weighted by molar-refractivity contribution is 7.13. The van der Waals surface area contributed by atoms with E-state index in [0.29, 0.717) is 28.1 Å². The molecule has 0 radical (unpaired) electrons. The van der Waals surface area contributed by atoms with E-state index >= 15 is 0 Å². The number of benzene rings is 2. The van der Waals surface area contributed by atoms with Crippen molar-refractivity contribution in [2.75, 3.05) is 5.32 Å². The van der Waals surface area contributed by atoms with Crippen LogP contribution in [-0.2, 0) is 6.54 Å². The minimum absolute atomic E-state index is 0.252. The Morgan fingerprint density at radius 1 is 1.20 bits per heavy atom. The van der Waals surface area contributed by atoms with Gasteiger partial charge in [0.05, 0.1) is 11.1 Å². The summed E-state index contributed by atoms with van der Waals surface area (Å²) in [5, 5.41) is 5.83. The van der Waals surface area contributed by atoms with Crippen molar-refractivity contribution in [3.05, 3.63) is 83.2 Å². The molecule has 4 nitrogen and oxygen atoms in total. The third-order valence-corrected chi connectivity index (χ3v) is 4.63. The van der Waals surface area contributed by atoms with E-state index in [1.54, 1.807) is 23.8 Å². The van der Waals surface area contributed by atoms with Crippen LogP contribution in [0.4, 0.5) is 9.52 Å². The lowest BCUT2D eigenvalue weighted by Gasteiger charge is -2.05. The molecule has 2 aromatic heterocycles. The summed E-state index contributed by atoms with van der Waals surface area (Å²) in [5.74, 6) is -0.579. The van der Waals surface area contributed by atoms with Crippen LogP contribution >= 0.6 is 11.3 Å². The molecular weight excluding hydrogens is 337 g/mol. The van der Waals surface area contributed by atoms with Gasteiger partial charge >= 0.3 is 0 Å². The van der Waals surface area contributed by atoms with Crippen molar-refractivity contribution >= 4 is 33.3 Å². The van der Waals surface area contributed by atoms with Gasteiger partial charge in [-0.15, -0.1) is 11.3 Å². The van der Waals surface area contributed by atoms with E-state index < -0.39 is 0 Å². The fourth-order valence-corrected chi connectivity index (χ4v) is 3.33. The van der Waals surface area contributed by atoms with Crippen LogP contribution in [0.5, 0.6) is 0 Å². The molecule has 0 atom stereocenters. The molecule has 4 aromatic rings. The highest BCUT2D eigenvalue weighted by Gasteiger charge is 2.16. The summed E-state index contributed by atoms with van der Waals surface area (Å²) in [6.45, 7) is 0.561. The SMILES string of the molecule is O=C(Nc1nccs1)c1cn(Cc2ccccc2)c2cc(F)ccc12. The lowest BCUT2D eigenvalue weighted by Crippen LogP contribution is -2.11. The van der Waals surface area contributed by atoms with Crippen LogP contribution in [0.15, 0.2) is 66.3 Å². The Morgan fingerprint density at radius 2 is 2.04 bits per heavy atom. The molecule has 0 bridgehead atoms. The topological polar surface area (TPSA) is 46.9 Å². The first kappa shape index (κ1) is 15.5. The Morgan fingerprint density at radius 3 is 2.80 bits per heavy atom. The molecule has 2 aromatic carbocycles. The number of rotatable bonds is 4. The van der Waals surface area contributed by atoms with Crippen molar-refractivity contribution in [2.45, 2.75) is 6.54 Å². The summed E-state index contributed by atoms with van der Waals surface area (Å²) < 4.78 is 15.6. The van der Waals surface area contributed by atoms with Gasteiger partial charge in [0.1, 0.15) is 5.82 Å². The van der Waals surface area contributed by atoms with E-state index in [-0.39, 0.29) is 11.7 Å². The molecule has 0 spiro atoms. The summed E-state index contributed by atoms with van der Waals surface area (Å²) in [7, 11) is 0. The van der Waals surface area contributed by atoms with Gasteiger partial charge in [-0.2, -0.15) is 0 Å². The molecule has 0 aliphatic rings. The predicted octanol–water partition coefficient (Wildman–Crippen LogP) is 4.54. The number of hydrogen-bond donors (Lipinski definition) is 1. The maximum Gasteiger partial charge on any atom is 0.259 e. The third kappa shape index (κ3) is 3.16. The molecule has 25 heavy (non-hydrogen) atoms. The highest BCUT2D eigenvalue weighted by atomic mass is 32.1. The third-order valence-electron chi connectivity index (χ3n) is 3.94. The van der Waals surface area contributed by atoms with E-state index in [4.69, 9.17) is 0 Å². The zero-order valence-electron chi connectivity index (χ0n) is 13.1. The predicted molar refractivity (Wildman–Crippen MR) is 97.5 cm³/mol. The smallest absolute Gasteiger partial charge is 0.259 e. The van der Waals surface area contributed by atoms with Crippen molar-refractivity contribution in [3.63, 3.8) is 0 Å². The van der Waals surface area contributed by atoms with Gasteiger partial charge in [0.25, 0.3) is 5.91 Å². The van der Waals surface area contributed by atoms with E-state index in [1.165, 1.54) is 23.5 Å². The molecule has 0 aliphatic heterocycles. The number of nitrogens with one attached hydrogen (secondary N) is 1. The zero-order chi connectivity index (χ0) is 17.2. The van der Waals surface area contributed by atoms with E-state index in [9.17, 15) is 9.18 Å². The standard InChI is InChI=1S/C19H14FN3OS/c20-14-6-7-15-16(18(24)22-19-21-8-9-25-19)12-23(17(15)10-14)11-13-4-2-1-3-5-13/h1-10,12H,11H2,(H,21,22,24). The molecule has 4 rings (SSSR count). The first-order chi connectivity index (χ1) is 12.2. The molecular formula is C19H14FN3OS. The van der Waals surface area contributed by atoms with Crippen LogP contribution in [0.2, 0.25) is 0 Å². The van der Waals surface area contributed by atoms with Crippen molar-refractivity contribution in [1.82, 2.24) is 9.55 Å². The van der Waals surface area contributed by atoms with Crippen LogP contribution in [0.25, 0.3) is 10.9 Å². The minimum atomic E-state index is -0.327. The van der Waals surface area contributed by atoms with E-state index in [0.717, 1.165) is 5.56 Å². The number of hydrogen-bond acceptors (Lipinski definition) is 3. The van der Waals surface area contributed by atoms with Gasteiger partial charge in [0, 0.05) is 29.7 Å². The fourth-order valence-electron chi connectivity index (χ4n) is 2.81. The molecule has 0 fully saturated rings. The minimum Gasteiger partial charge on any atom is -0.342 e. The molecule has 124 valence electrons. The maximum atomic E-state index is 13.7. The monoisotopic (exact) mass is 351 g/mol. The highest BCUT2D eigenvalue weighted by Crippen LogP contribution is 2.25. The van der Waals surface area contributed by atoms with Crippen molar-refractivity contribution in [3.8, 4) is 0 Å². The Balaban J connectivity index is 1.75. The molecule has 1 amide bonds. The number of thiazole rings is 1. The van der Waals surface area contributed by atoms with Gasteiger partial charge in [-0.1, -0.05) is 30.3 Å². The summed E-state index contributed by atoms with van der Waals surface area (Å²) >= 11 is 1.35. The van der Waals surface area contributed by atoms with Crippen molar-refractivity contribution in [2.24, 2.45) is 0 Å². The maximum absolute atomic E-state index is 13.7. The van der Waals surface area contributed by atoms with Crippen LogP contribution in [0.3, 0.4) is 0 Å². The zero-order valence-corrected chi connectivity index (χ0v) is 14.0. The summed E-state index contributed by atoms with van der Waals surface area (Å²) in [6.07, 6.45) is 3.40. The first-order valence-corrected chi connectivity index (χ1v) is 8.62. The number of fused-ring (bicyclic) bond motifs is 1. The van der Waals surface area contributed by atoms with Crippen molar-refractivity contribution in [1.29, 1.82) is 0 Å². The summed E-state index contributed by atoms with van der Waals surface area (Å²) in [6, 6.07) is 14.3. The first-order valence-electron chi connectivity index (χ1n) is 7.74. The second-order valence-corrected chi connectivity index (χ2v) is 6.50. The molecule has 0 unspecified atom stereocenters. The number of anilines is 1. The average molecular weight is 351 g/mol. The van der Waals surface area contributed by atoms with Gasteiger partial charge in [0.15, 0.2) is 5.13 Å². The largest absolute Gasteiger partial charge is 0.342 e. The fraction of sp³-hybridized carbons (Fsp3) is 0.0526. The molecule has 1 N–H and O–H groups in total. The average Bonchev–Trinajstić information content (AvgIpc) is 3.24. The van der Waals surface area contributed by atoms with E-state index in [2.05, 4.69) is 10.3 Å². The van der Waals surface area contributed by atoms with Gasteiger partial charge in [-0.3, -0.25) is 10.1 Å². The summed E-state index contributed by atoms with van der Waals surface area (Å²) in [4.78, 5) is 16.7.